The molecule has 4 aromatic rings. The summed E-state index contributed by atoms with van der Waals surface area (Å²) in [6.45, 7) is 2.53. The molecule has 0 aliphatic rings. The van der Waals surface area contributed by atoms with E-state index in [9.17, 15) is 4.79 Å². The Bertz CT molecular complexity index is 1110. The maximum Gasteiger partial charge on any atom is 0.267 e. The second kappa shape index (κ2) is 6.36. The quantitative estimate of drug-likeness (QED) is 0.558. The zero-order valence-corrected chi connectivity index (χ0v) is 14.0. The van der Waals surface area contributed by atoms with E-state index in [0.717, 1.165) is 22.4 Å². The summed E-state index contributed by atoms with van der Waals surface area (Å²) in [5.41, 5.74) is 3.99. The predicted molar refractivity (Wildman–Crippen MR) is 102 cm³/mol. The van der Waals surface area contributed by atoms with Gasteiger partial charge >= 0.3 is 0 Å². The normalized spacial score (nSPS) is 10.9. The molecule has 0 bridgehead atoms. The minimum absolute atomic E-state index is 0.0900. The Labute approximate surface area is 146 Å². The fourth-order valence-corrected chi connectivity index (χ4v) is 3.01. The summed E-state index contributed by atoms with van der Waals surface area (Å²) < 4.78 is 1.53. The van der Waals surface area contributed by atoms with Crippen LogP contribution in [0.25, 0.3) is 22.0 Å². The molecule has 0 N–H and O–H groups in total. The molecule has 3 heteroatoms. The van der Waals surface area contributed by atoms with Gasteiger partial charge < -0.3 is 0 Å². The molecule has 3 nitrogen and oxygen atoms in total. The molecule has 1 aromatic heterocycles. The summed E-state index contributed by atoms with van der Waals surface area (Å²) >= 11 is 0. The predicted octanol–water partition coefficient (Wildman–Crippen LogP) is 4.42. The number of rotatable bonds is 3. The van der Waals surface area contributed by atoms with E-state index in [1.54, 1.807) is 12.1 Å². The molecule has 3 aromatic carbocycles. The van der Waals surface area contributed by atoms with Crippen molar-refractivity contribution in [2.45, 2.75) is 13.5 Å². The van der Waals surface area contributed by atoms with Crippen LogP contribution >= 0.6 is 0 Å². The first-order valence-corrected chi connectivity index (χ1v) is 8.32. The van der Waals surface area contributed by atoms with Crippen LogP contribution in [0.1, 0.15) is 11.1 Å². The van der Waals surface area contributed by atoms with Gasteiger partial charge in [-0.15, -0.1) is 0 Å². The molecule has 0 aliphatic carbocycles. The van der Waals surface area contributed by atoms with E-state index in [1.807, 2.05) is 49.4 Å². The Balaban J connectivity index is 1.76. The molecule has 0 fully saturated rings. The summed E-state index contributed by atoms with van der Waals surface area (Å²) in [6.07, 6.45) is 0. The zero-order chi connectivity index (χ0) is 17.2. The average molecular weight is 326 g/mol. The van der Waals surface area contributed by atoms with Gasteiger partial charge in [-0.25, -0.2) is 4.68 Å². The lowest BCUT2D eigenvalue weighted by molar-refractivity contribution is 0.640. The lowest BCUT2D eigenvalue weighted by atomic mass is 10.1. The SMILES string of the molecule is Cc1ccccc1Cn1nc(-c2ccc3ccccc3c2)ccc1=O. The van der Waals surface area contributed by atoms with Crippen LogP contribution in [-0.4, -0.2) is 9.78 Å². The first-order chi connectivity index (χ1) is 12.2. The summed E-state index contributed by atoms with van der Waals surface area (Å²) in [6, 6.07) is 25.9. The number of fused-ring (bicyclic) bond motifs is 1. The van der Waals surface area contributed by atoms with Gasteiger partial charge in [0.15, 0.2) is 0 Å². The summed E-state index contributed by atoms with van der Waals surface area (Å²) in [5.74, 6) is 0. The second-order valence-corrected chi connectivity index (χ2v) is 6.20. The van der Waals surface area contributed by atoms with Crippen LogP contribution in [0.2, 0.25) is 0 Å². The van der Waals surface area contributed by atoms with Crippen molar-refractivity contribution in [3.63, 3.8) is 0 Å². The highest BCUT2D eigenvalue weighted by molar-refractivity contribution is 5.86. The van der Waals surface area contributed by atoms with Gasteiger partial charge in [0.25, 0.3) is 5.56 Å². The number of nitrogens with zero attached hydrogens (tertiary/aromatic N) is 2. The maximum atomic E-state index is 12.2. The van der Waals surface area contributed by atoms with Gasteiger partial charge in [0.1, 0.15) is 0 Å². The Kier molecular flexibility index (Phi) is 3.90. The Morgan fingerprint density at radius 3 is 2.44 bits per heavy atom. The standard InChI is InChI=1S/C22H18N2O/c1-16-6-2-3-9-20(16)15-24-22(25)13-12-21(23-24)19-11-10-17-7-4-5-8-18(17)14-19/h2-14H,15H2,1H3. The average Bonchev–Trinajstić information content (AvgIpc) is 2.65. The lowest BCUT2D eigenvalue weighted by Crippen LogP contribution is -2.23. The van der Waals surface area contributed by atoms with E-state index < -0.39 is 0 Å². The molecule has 122 valence electrons. The van der Waals surface area contributed by atoms with Gasteiger partial charge in [0.05, 0.1) is 12.2 Å². The molecule has 25 heavy (non-hydrogen) atoms. The first kappa shape index (κ1) is 15.3. The van der Waals surface area contributed by atoms with Crippen molar-refractivity contribution < 1.29 is 0 Å². The van der Waals surface area contributed by atoms with Crippen molar-refractivity contribution in [1.29, 1.82) is 0 Å². The Hall–Kier alpha value is -3.20. The summed E-state index contributed by atoms with van der Waals surface area (Å²) in [7, 11) is 0. The fraction of sp³-hybridized carbons (Fsp3) is 0.0909. The largest absolute Gasteiger partial charge is 0.268 e. The van der Waals surface area contributed by atoms with Crippen LogP contribution in [0, 0.1) is 6.92 Å². The van der Waals surface area contributed by atoms with E-state index in [0.29, 0.717) is 6.54 Å². The lowest BCUT2D eigenvalue weighted by Gasteiger charge is -2.10. The smallest absolute Gasteiger partial charge is 0.267 e. The molecule has 0 aliphatic heterocycles. The van der Waals surface area contributed by atoms with E-state index in [4.69, 9.17) is 0 Å². The molecule has 0 amide bonds. The van der Waals surface area contributed by atoms with Crippen molar-refractivity contribution in [3.05, 3.63) is 100 Å². The number of aromatic nitrogens is 2. The van der Waals surface area contributed by atoms with E-state index in [-0.39, 0.29) is 5.56 Å². The van der Waals surface area contributed by atoms with E-state index >= 15 is 0 Å². The minimum Gasteiger partial charge on any atom is -0.268 e. The van der Waals surface area contributed by atoms with Crippen molar-refractivity contribution in [2.24, 2.45) is 0 Å². The first-order valence-electron chi connectivity index (χ1n) is 8.32. The molecule has 0 saturated heterocycles. The maximum absolute atomic E-state index is 12.2. The Morgan fingerprint density at radius 2 is 1.60 bits per heavy atom. The highest BCUT2D eigenvalue weighted by Crippen LogP contribution is 2.22. The summed E-state index contributed by atoms with van der Waals surface area (Å²) in [4.78, 5) is 12.2. The van der Waals surface area contributed by atoms with Crippen LogP contribution in [0.5, 0.6) is 0 Å². The van der Waals surface area contributed by atoms with E-state index in [1.165, 1.54) is 15.5 Å². The van der Waals surface area contributed by atoms with Crippen molar-refractivity contribution in [1.82, 2.24) is 9.78 Å². The number of hydrogen-bond donors (Lipinski definition) is 0. The van der Waals surface area contributed by atoms with Crippen LogP contribution in [-0.2, 0) is 6.54 Å². The molecule has 0 spiro atoms. The monoisotopic (exact) mass is 326 g/mol. The van der Waals surface area contributed by atoms with Gasteiger partial charge in [-0.2, -0.15) is 5.10 Å². The number of benzene rings is 3. The summed E-state index contributed by atoms with van der Waals surface area (Å²) in [5, 5.41) is 6.95. The van der Waals surface area contributed by atoms with Gasteiger partial charge in [0.2, 0.25) is 0 Å². The van der Waals surface area contributed by atoms with Gasteiger partial charge in [0, 0.05) is 11.6 Å². The van der Waals surface area contributed by atoms with Gasteiger partial charge in [-0.05, 0) is 41.0 Å². The molecular formula is C22H18N2O. The Morgan fingerprint density at radius 1 is 0.840 bits per heavy atom. The molecule has 0 radical (unpaired) electrons. The highest BCUT2D eigenvalue weighted by Gasteiger charge is 2.06. The number of aryl methyl sites for hydroxylation is 1. The third-order valence-corrected chi connectivity index (χ3v) is 4.49. The number of hydrogen-bond acceptors (Lipinski definition) is 2. The third kappa shape index (κ3) is 3.09. The molecular weight excluding hydrogens is 308 g/mol. The van der Waals surface area contributed by atoms with Crippen molar-refractivity contribution >= 4 is 10.8 Å². The zero-order valence-electron chi connectivity index (χ0n) is 14.0. The van der Waals surface area contributed by atoms with Gasteiger partial charge in [-0.1, -0.05) is 60.7 Å². The topological polar surface area (TPSA) is 34.9 Å². The van der Waals surface area contributed by atoms with Crippen molar-refractivity contribution in [2.75, 3.05) is 0 Å². The van der Waals surface area contributed by atoms with Gasteiger partial charge in [-0.3, -0.25) is 4.79 Å². The minimum atomic E-state index is -0.0900. The van der Waals surface area contributed by atoms with E-state index in [2.05, 4.69) is 29.4 Å². The molecule has 1 heterocycles. The molecule has 0 atom stereocenters. The fourth-order valence-electron chi connectivity index (χ4n) is 3.01. The van der Waals surface area contributed by atoms with Crippen LogP contribution in [0.4, 0.5) is 0 Å². The second-order valence-electron chi connectivity index (χ2n) is 6.20. The molecule has 0 unspecified atom stereocenters. The van der Waals surface area contributed by atoms with Crippen molar-refractivity contribution in [3.8, 4) is 11.3 Å². The van der Waals surface area contributed by atoms with Crippen LogP contribution < -0.4 is 5.56 Å². The highest BCUT2D eigenvalue weighted by atomic mass is 16.1. The third-order valence-electron chi connectivity index (χ3n) is 4.49. The molecule has 4 rings (SSSR count). The van der Waals surface area contributed by atoms with Crippen LogP contribution in [0.3, 0.4) is 0 Å². The van der Waals surface area contributed by atoms with Crippen LogP contribution in [0.15, 0.2) is 83.7 Å². The molecule has 0 saturated carbocycles.